The van der Waals surface area contributed by atoms with Gasteiger partial charge >= 0.3 is 5.97 Å². The Bertz CT molecular complexity index is 1310. The van der Waals surface area contributed by atoms with Crippen molar-refractivity contribution >= 4 is 45.7 Å². The van der Waals surface area contributed by atoms with Crippen molar-refractivity contribution in [3.8, 4) is 11.5 Å². The normalized spacial score (nSPS) is 14.7. The molecular formula is C27H25NO6S. The second kappa shape index (κ2) is 10.7. The molecule has 4 rings (SSSR count). The van der Waals surface area contributed by atoms with Crippen molar-refractivity contribution in [2.75, 3.05) is 13.7 Å². The minimum Gasteiger partial charge on any atom is -0.493 e. The maximum Gasteiger partial charge on any atom is 0.326 e. The number of thioether (sulfide) groups is 1. The lowest BCUT2D eigenvalue weighted by Gasteiger charge is -2.13. The van der Waals surface area contributed by atoms with Gasteiger partial charge in [-0.2, -0.15) is 0 Å². The number of methoxy groups -OCH3 is 1. The molecule has 35 heavy (non-hydrogen) atoms. The van der Waals surface area contributed by atoms with Gasteiger partial charge in [0.25, 0.3) is 11.1 Å². The van der Waals surface area contributed by atoms with Crippen LogP contribution >= 0.6 is 11.8 Å². The molecule has 0 bridgehead atoms. The van der Waals surface area contributed by atoms with Gasteiger partial charge in [0.05, 0.1) is 18.1 Å². The summed E-state index contributed by atoms with van der Waals surface area (Å²) >= 11 is 0.782. The first-order valence-corrected chi connectivity index (χ1v) is 11.9. The van der Waals surface area contributed by atoms with Gasteiger partial charge in [0.2, 0.25) is 0 Å². The number of fused-ring (bicyclic) bond motifs is 1. The molecule has 7 nitrogen and oxygen atoms in total. The van der Waals surface area contributed by atoms with Crippen molar-refractivity contribution in [1.29, 1.82) is 0 Å². The van der Waals surface area contributed by atoms with Crippen LogP contribution in [0.2, 0.25) is 0 Å². The third-order valence-electron chi connectivity index (χ3n) is 5.28. The lowest BCUT2D eigenvalue weighted by molar-refractivity contribution is -0.149. The van der Waals surface area contributed by atoms with Crippen LogP contribution in [0.1, 0.15) is 25.0 Å². The van der Waals surface area contributed by atoms with E-state index in [9.17, 15) is 14.4 Å². The van der Waals surface area contributed by atoms with Crippen LogP contribution in [0.25, 0.3) is 16.8 Å². The van der Waals surface area contributed by atoms with E-state index in [0.29, 0.717) is 23.7 Å². The SMILES string of the molecule is COc1cc(/C=C2\SC(=O)N(CC(=O)OC(C)C)C2=O)ccc1OCc1cccc2ccccc12. The topological polar surface area (TPSA) is 82.1 Å². The molecule has 0 spiro atoms. The van der Waals surface area contributed by atoms with E-state index in [1.54, 1.807) is 38.1 Å². The molecule has 0 aliphatic carbocycles. The monoisotopic (exact) mass is 491 g/mol. The molecule has 0 radical (unpaired) electrons. The van der Waals surface area contributed by atoms with E-state index in [0.717, 1.165) is 33.0 Å². The number of carbonyl (C=O) groups is 3. The number of imide groups is 1. The van der Waals surface area contributed by atoms with Gasteiger partial charge in [-0.15, -0.1) is 0 Å². The number of benzene rings is 3. The fourth-order valence-electron chi connectivity index (χ4n) is 3.68. The Morgan fingerprint density at radius 1 is 1.03 bits per heavy atom. The summed E-state index contributed by atoms with van der Waals surface area (Å²) in [7, 11) is 1.54. The number of ether oxygens (including phenoxy) is 3. The molecule has 3 aromatic rings. The Kier molecular flexibility index (Phi) is 7.41. The van der Waals surface area contributed by atoms with Crippen molar-refractivity contribution in [3.05, 3.63) is 76.7 Å². The number of hydrogen-bond donors (Lipinski definition) is 0. The summed E-state index contributed by atoms with van der Waals surface area (Å²) in [5, 5.41) is 1.75. The van der Waals surface area contributed by atoms with Crippen molar-refractivity contribution in [2.45, 2.75) is 26.6 Å². The standard InChI is InChI=1S/C27H25NO6S/c1-17(2)34-25(29)15-28-26(30)24(35-27(28)31)14-18-11-12-22(23(13-18)32-3)33-16-20-9-6-8-19-7-4-5-10-21(19)20/h4-14,17H,15-16H2,1-3H3/b24-14-. The second-order valence-electron chi connectivity index (χ2n) is 8.14. The molecule has 1 aliphatic rings. The van der Waals surface area contributed by atoms with E-state index < -0.39 is 23.7 Å². The van der Waals surface area contributed by atoms with Crippen LogP contribution in [0.5, 0.6) is 11.5 Å². The van der Waals surface area contributed by atoms with Crippen LogP contribution in [0.4, 0.5) is 4.79 Å². The lowest BCUT2D eigenvalue weighted by Crippen LogP contribution is -2.35. The molecule has 2 amide bonds. The number of rotatable bonds is 8. The van der Waals surface area contributed by atoms with Crippen LogP contribution in [-0.4, -0.2) is 41.8 Å². The van der Waals surface area contributed by atoms with E-state index in [2.05, 4.69) is 18.2 Å². The number of nitrogens with zero attached hydrogens (tertiary/aromatic N) is 1. The highest BCUT2D eigenvalue weighted by atomic mass is 32.2. The predicted octanol–water partition coefficient (Wildman–Crippen LogP) is 5.42. The lowest BCUT2D eigenvalue weighted by atomic mass is 10.1. The third kappa shape index (κ3) is 5.66. The fraction of sp³-hybridized carbons (Fsp3) is 0.222. The average Bonchev–Trinajstić information content (AvgIpc) is 3.09. The molecule has 0 saturated carbocycles. The number of hydrogen-bond acceptors (Lipinski definition) is 7. The summed E-state index contributed by atoms with van der Waals surface area (Å²) in [5.41, 5.74) is 1.72. The molecule has 0 unspecified atom stereocenters. The van der Waals surface area contributed by atoms with Gasteiger partial charge in [-0.1, -0.05) is 48.5 Å². The number of carbonyl (C=O) groups excluding carboxylic acids is 3. The van der Waals surface area contributed by atoms with Crippen molar-refractivity contribution in [1.82, 2.24) is 4.90 Å². The molecule has 1 heterocycles. The summed E-state index contributed by atoms with van der Waals surface area (Å²) in [6.45, 7) is 3.36. The van der Waals surface area contributed by atoms with Crippen molar-refractivity contribution in [2.24, 2.45) is 0 Å². The Morgan fingerprint density at radius 2 is 1.80 bits per heavy atom. The molecular weight excluding hydrogens is 466 g/mol. The smallest absolute Gasteiger partial charge is 0.326 e. The van der Waals surface area contributed by atoms with E-state index in [-0.39, 0.29) is 11.0 Å². The van der Waals surface area contributed by atoms with Gasteiger partial charge in [-0.05, 0) is 65.7 Å². The number of esters is 1. The summed E-state index contributed by atoms with van der Waals surface area (Å²) in [4.78, 5) is 38.0. The first-order valence-electron chi connectivity index (χ1n) is 11.1. The van der Waals surface area contributed by atoms with Gasteiger partial charge in [-0.3, -0.25) is 19.3 Å². The van der Waals surface area contributed by atoms with Gasteiger partial charge in [0, 0.05) is 0 Å². The Morgan fingerprint density at radius 3 is 2.57 bits per heavy atom. The molecule has 1 saturated heterocycles. The van der Waals surface area contributed by atoms with Crippen LogP contribution in [0.3, 0.4) is 0 Å². The van der Waals surface area contributed by atoms with Crippen molar-refractivity contribution < 1.29 is 28.6 Å². The van der Waals surface area contributed by atoms with Crippen LogP contribution in [-0.2, 0) is 20.9 Å². The van der Waals surface area contributed by atoms with E-state index in [1.807, 2.05) is 24.3 Å². The predicted molar refractivity (Wildman–Crippen MR) is 135 cm³/mol. The zero-order valence-corrected chi connectivity index (χ0v) is 20.5. The highest BCUT2D eigenvalue weighted by Gasteiger charge is 2.36. The summed E-state index contributed by atoms with van der Waals surface area (Å²) in [6.07, 6.45) is 1.27. The summed E-state index contributed by atoms with van der Waals surface area (Å²) < 4.78 is 16.6. The quantitative estimate of drug-likeness (QED) is 0.308. The maximum absolute atomic E-state index is 12.7. The Hall–Kier alpha value is -3.78. The van der Waals surface area contributed by atoms with Crippen LogP contribution < -0.4 is 9.47 Å². The van der Waals surface area contributed by atoms with Gasteiger partial charge < -0.3 is 14.2 Å². The van der Waals surface area contributed by atoms with Gasteiger partial charge in [0.15, 0.2) is 11.5 Å². The second-order valence-corrected chi connectivity index (χ2v) is 9.14. The molecule has 0 N–H and O–H groups in total. The molecule has 3 aromatic carbocycles. The maximum atomic E-state index is 12.7. The molecule has 0 atom stereocenters. The van der Waals surface area contributed by atoms with E-state index in [4.69, 9.17) is 14.2 Å². The largest absolute Gasteiger partial charge is 0.493 e. The fourth-order valence-corrected chi connectivity index (χ4v) is 4.52. The molecule has 8 heteroatoms. The first kappa shape index (κ1) is 24.3. The summed E-state index contributed by atoms with van der Waals surface area (Å²) in [6, 6.07) is 19.5. The molecule has 1 aliphatic heterocycles. The molecule has 1 fully saturated rings. The first-order chi connectivity index (χ1) is 16.9. The van der Waals surface area contributed by atoms with Crippen molar-refractivity contribution in [3.63, 3.8) is 0 Å². The minimum atomic E-state index is -0.627. The average molecular weight is 492 g/mol. The highest BCUT2D eigenvalue weighted by Crippen LogP contribution is 2.35. The van der Waals surface area contributed by atoms with E-state index in [1.165, 1.54) is 7.11 Å². The van der Waals surface area contributed by atoms with E-state index >= 15 is 0 Å². The van der Waals surface area contributed by atoms with Gasteiger partial charge in [0.1, 0.15) is 13.2 Å². The van der Waals surface area contributed by atoms with Crippen LogP contribution in [0, 0.1) is 0 Å². The Balaban J connectivity index is 1.48. The zero-order chi connectivity index (χ0) is 24.9. The molecule has 180 valence electrons. The zero-order valence-electron chi connectivity index (χ0n) is 19.6. The minimum absolute atomic E-state index is 0.221. The molecule has 0 aromatic heterocycles. The third-order valence-corrected chi connectivity index (χ3v) is 6.18. The summed E-state index contributed by atoms with van der Waals surface area (Å²) in [5.74, 6) is -0.102. The van der Waals surface area contributed by atoms with Gasteiger partial charge in [-0.25, -0.2) is 0 Å². The highest BCUT2D eigenvalue weighted by molar-refractivity contribution is 8.18. The van der Waals surface area contributed by atoms with Crippen LogP contribution in [0.15, 0.2) is 65.6 Å². The number of amides is 2. The Labute approximate surface area is 207 Å².